The normalized spacial score (nSPS) is 11.4. The van der Waals surface area contributed by atoms with Crippen molar-refractivity contribution in [2.24, 2.45) is 0 Å². The lowest BCUT2D eigenvalue weighted by atomic mass is 10.1. The number of carbonyl (C=O) groups is 2. The van der Waals surface area contributed by atoms with Gasteiger partial charge in [-0.25, -0.2) is 4.79 Å². The van der Waals surface area contributed by atoms with Crippen molar-refractivity contribution in [2.75, 3.05) is 30.9 Å². The fourth-order valence-electron chi connectivity index (χ4n) is 2.84. The molecule has 0 heterocycles. The summed E-state index contributed by atoms with van der Waals surface area (Å²) < 4.78 is 0. The van der Waals surface area contributed by atoms with E-state index in [1.54, 1.807) is 12.1 Å². The standard InChI is InChI=1S/C22H30N4O2/c1-5-6-14-23-22(28)25-18-12-13-20(26(3)4)19(15-18)21(27)24-16(2)17-10-8-7-9-11-17/h7-13,15-16H,5-6,14H2,1-4H3,(H,24,27)(H2,23,25,28). The van der Waals surface area contributed by atoms with Crippen LogP contribution < -0.4 is 20.9 Å². The molecule has 0 saturated heterocycles. The molecule has 2 rings (SSSR count). The minimum absolute atomic E-state index is 0.127. The van der Waals surface area contributed by atoms with Crippen molar-refractivity contribution in [3.63, 3.8) is 0 Å². The van der Waals surface area contributed by atoms with Crippen molar-refractivity contribution >= 4 is 23.3 Å². The Kier molecular flexibility index (Phi) is 7.87. The minimum atomic E-state index is -0.268. The lowest BCUT2D eigenvalue weighted by Gasteiger charge is -2.20. The number of anilines is 2. The highest BCUT2D eigenvalue weighted by Gasteiger charge is 2.17. The van der Waals surface area contributed by atoms with Crippen LogP contribution in [0.5, 0.6) is 0 Å². The minimum Gasteiger partial charge on any atom is -0.377 e. The van der Waals surface area contributed by atoms with Gasteiger partial charge in [-0.05, 0) is 37.1 Å². The maximum absolute atomic E-state index is 12.9. The first-order chi connectivity index (χ1) is 13.4. The lowest BCUT2D eigenvalue weighted by molar-refractivity contribution is 0.0940. The number of nitrogens with zero attached hydrogens (tertiary/aromatic N) is 1. The third-order valence-electron chi connectivity index (χ3n) is 4.44. The van der Waals surface area contributed by atoms with Gasteiger partial charge in [0, 0.05) is 32.0 Å². The molecule has 0 aromatic heterocycles. The molecule has 0 bridgehead atoms. The highest BCUT2D eigenvalue weighted by Crippen LogP contribution is 2.24. The van der Waals surface area contributed by atoms with Gasteiger partial charge in [0.1, 0.15) is 0 Å². The van der Waals surface area contributed by atoms with Gasteiger partial charge in [-0.3, -0.25) is 4.79 Å². The second-order valence-corrected chi connectivity index (χ2v) is 6.97. The Hall–Kier alpha value is -3.02. The van der Waals surface area contributed by atoms with E-state index in [0.717, 1.165) is 24.1 Å². The van der Waals surface area contributed by atoms with E-state index in [0.29, 0.717) is 17.8 Å². The maximum atomic E-state index is 12.9. The van der Waals surface area contributed by atoms with Crippen molar-refractivity contribution < 1.29 is 9.59 Å². The number of rotatable bonds is 8. The molecule has 2 aromatic carbocycles. The van der Waals surface area contributed by atoms with E-state index in [2.05, 4.69) is 22.9 Å². The Morgan fingerprint density at radius 1 is 1.07 bits per heavy atom. The Labute approximate surface area is 167 Å². The fourth-order valence-corrected chi connectivity index (χ4v) is 2.84. The van der Waals surface area contributed by atoms with Gasteiger partial charge >= 0.3 is 6.03 Å². The molecule has 6 heteroatoms. The number of hydrogen-bond donors (Lipinski definition) is 3. The average molecular weight is 383 g/mol. The summed E-state index contributed by atoms with van der Waals surface area (Å²) in [5.41, 5.74) is 2.91. The van der Waals surface area contributed by atoms with E-state index in [1.807, 2.05) is 62.3 Å². The predicted molar refractivity (Wildman–Crippen MR) is 115 cm³/mol. The molecule has 150 valence electrons. The first kappa shape index (κ1) is 21.3. The zero-order valence-electron chi connectivity index (χ0n) is 17.1. The Bertz CT molecular complexity index is 790. The van der Waals surface area contributed by atoms with Crippen molar-refractivity contribution in [3.05, 3.63) is 59.7 Å². The second-order valence-electron chi connectivity index (χ2n) is 6.97. The number of carbonyl (C=O) groups excluding carboxylic acids is 2. The molecule has 0 aliphatic rings. The van der Waals surface area contributed by atoms with Crippen molar-refractivity contribution in [1.29, 1.82) is 0 Å². The monoisotopic (exact) mass is 382 g/mol. The Morgan fingerprint density at radius 3 is 2.43 bits per heavy atom. The van der Waals surface area contributed by atoms with E-state index >= 15 is 0 Å². The maximum Gasteiger partial charge on any atom is 0.319 e. The van der Waals surface area contributed by atoms with Crippen LogP contribution in [-0.4, -0.2) is 32.6 Å². The number of unbranched alkanes of at least 4 members (excludes halogenated alkanes) is 1. The van der Waals surface area contributed by atoms with E-state index in [4.69, 9.17) is 0 Å². The van der Waals surface area contributed by atoms with Crippen LogP contribution in [0.2, 0.25) is 0 Å². The van der Waals surface area contributed by atoms with Gasteiger partial charge in [0.05, 0.1) is 11.6 Å². The second kappa shape index (κ2) is 10.3. The summed E-state index contributed by atoms with van der Waals surface area (Å²) in [5.74, 6) is -0.185. The number of nitrogens with one attached hydrogen (secondary N) is 3. The molecule has 0 radical (unpaired) electrons. The number of amides is 3. The number of urea groups is 1. The smallest absolute Gasteiger partial charge is 0.319 e. The summed E-state index contributed by atoms with van der Waals surface area (Å²) in [4.78, 5) is 26.8. The summed E-state index contributed by atoms with van der Waals surface area (Å²) in [5, 5.41) is 8.65. The molecular formula is C22H30N4O2. The molecular weight excluding hydrogens is 352 g/mol. The third kappa shape index (κ3) is 6.01. The third-order valence-corrected chi connectivity index (χ3v) is 4.44. The highest BCUT2D eigenvalue weighted by molar-refractivity contribution is 6.02. The van der Waals surface area contributed by atoms with Gasteiger partial charge < -0.3 is 20.9 Å². The lowest BCUT2D eigenvalue weighted by Crippen LogP contribution is -2.30. The molecule has 0 fully saturated rings. The fraction of sp³-hybridized carbons (Fsp3) is 0.364. The van der Waals surface area contributed by atoms with Crippen LogP contribution in [0.1, 0.15) is 48.7 Å². The van der Waals surface area contributed by atoms with Crippen molar-refractivity contribution in [2.45, 2.75) is 32.7 Å². The zero-order chi connectivity index (χ0) is 20.5. The van der Waals surface area contributed by atoms with E-state index in [9.17, 15) is 9.59 Å². The molecule has 28 heavy (non-hydrogen) atoms. The summed E-state index contributed by atoms with van der Waals surface area (Å²) >= 11 is 0. The van der Waals surface area contributed by atoms with E-state index in [1.165, 1.54) is 0 Å². The molecule has 3 amide bonds. The van der Waals surface area contributed by atoms with Crippen LogP contribution in [0.15, 0.2) is 48.5 Å². The summed E-state index contributed by atoms with van der Waals surface area (Å²) in [6.07, 6.45) is 1.94. The van der Waals surface area contributed by atoms with Gasteiger partial charge in [0.25, 0.3) is 5.91 Å². The van der Waals surface area contributed by atoms with E-state index < -0.39 is 0 Å². The molecule has 0 aliphatic heterocycles. The van der Waals surface area contributed by atoms with Crippen LogP contribution >= 0.6 is 0 Å². The summed E-state index contributed by atoms with van der Waals surface area (Å²) in [7, 11) is 3.77. The van der Waals surface area contributed by atoms with Crippen LogP contribution in [0.25, 0.3) is 0 Å². The van der Waals surface area contributed by atoms with Crippen LogP contribution in [0, 0.1) is 0 Å². The number of benzene rings is 2. The predicted octanol–water partition coefficient (Wildman–Crippen LogP) is 4.17. The van der Waals surface area contributed by atoms with Gasteiger partial charge in [-0.2, -0.15) is 0 Å². The highest BCUT2D eigenvalue weighted by atomic mass is 16.2. The van der Waals surface area contributed by atoms with Crippen LogP contribution in [-0.2, 0) is 0 Å². The van der Waals surface area contributed by atoms with Gasteiger partial charge in [0.15, 0.2) is 0 Å². The molecule has 0 aliphatic carbocycles. The molecule has 1 unspecified atom stereocenters. The van der Waals surface area contributed by atoms with Crippen LogP contribution in [0.4, 0.5) is 16.2 Å². The first-order valence-electron chi connectivity index (χ1n) is 9.64. The molecule has 3 N–H and O–H groups in total. The van der Waals surface area contributed by atoms with Gasteiger partial charge in [-0.1, -0.05) is 43.7 Å². The molecule has 0 spiro atoms. The Morgan fingerprint density at radius 2 is 1.79 bits per heavy atom. The quantitative estimate of drug-likeness (QED) is 0.600. The average Bonchev–Trinajstić information content (AvgIpc) is 2.68. The molecule has 0 saturated carbocycles. The zero-order valence-corrected chi connectivity index (χ0v) is 17.1. The molecule has 6 nitrogen and oxygen atoms in total. The largest absolute Gasteiger partial charge is 0.377 e. The van der Waals surface area contributed by atoms with Gasteiger partial charge in [-0.15, -0.1) is 0 Å². The van der Waals surface area contributed by atoms with Gasteiger partial charge in [0.2, 0.25) is 0 Å². The van der Waals surface area contributed by atoms with Crippen molar-refractivity contribution in [3.8, 4) is 0 Å². The topological polar surface area (TPSA) is 73.5 Å². The summed E-state index contributed by atoms with van der Waals surface area (Å²) in [6, 6.07) is 14.8. The van der Waals surface area contributed by atoms with E-state index in [-0.39, 0.29) is 18.0 Å². The van der Waals surface area contributed by atoms with Crippen molar-refractivity contribution in [1.82, 2.24) is 10.6 Å². The Balaban J connectivity index is 2.15. The van der Waals surface area contributed by atoms with Crippen LogP contribution in [0.3, 0.4) is 0 Å². The SMILES string of the molecule is CCCCNC(=O)Nc1ccc(N(C)C)c(C(=O)NC(C)c2ccccc2)c1. The molecule has 1 atom stereocenters. The molecule has 2 aromatic rings. The number of hydrogen-bond acceptors (Lipinski definition) is 3. The first-order valence-corrected chi connectivity index (χ1v) is 9.64. The summed E-state index contributed by atoms with van der Waals surface area (Å²) in [6.45, 7) is 4.65.